The van der Waals surface area contributed by atoms with Crippen LogP contribution in [0.2, 0.25) is 0 Å². The summed E-state index contributed by atoms with van der Waals surface area (Å²) in [4.78, 5) is 33.2. The van der Waals surface area contributed by atoms with Gasteiger partial charge in [0.25, 0.3) is 11.6 Å². The zero-order chi connectivity index (χ0) is 15.6. The first-order chi connectivity index (χ1) is 9.88. The van der Waals surface area contributed by atoms with Crippen LogP contribution in [0.5, 0.6) is 0 Å². The van der Waals surface area contributed by atoms with E-state index in [1.54, 1.807) is 0 Å². The van der Waals surface area contributed by atoms with Crippen LogP contribution < -0.4 is 16.4 Å². The zero-order valence-electron chi connectivity index (χ0n) is 10.9. The Hall–Kier alpha value is -2.71. The number of nitrogens with one attached hydrogen (secondary N) is 2. The molecule has 8 nitrogen and oxygen atoms in total. The Morgan fingerprint density at radius 1 is 1.43 bits per heavy atom. The number of halogens is 1. The van der Waals surface area contributed by atoms with Gasteiger partial charge in [-0.1, -0.05) is 0 Å². The van der Waals surface area contributed by atoms with E-state index >= 15 is 0 Å². The van der Waals surface area contributed by atoms with Crippen molar-refractivity contribution < 1.29 is 18.9 Å². The third kappa shape index (κ3) is 3.65. The van der Waals surface area contributed by atoms with Crippen LogP contribution in [0.4, 0.5) is 15.8 Å². The SMILES string of the molecule is Nc1cc(C(=O)NCC(=O)NC2CC2)c([N+](=O)[O-])cc1F. The average molecular weight is 296 g/mol. The molecule has 2 rings (SSSR count). The number of rotatable bonds is 5. The predicted octanol–water partition coefficient (Wildman–Crippen LogP) is 0.324. The fraction of sp³-hybridized carbons (Fsp3) is 0.333. The van der Waals surface area contributed by atoms with Gasteiger partial charge in [-0.15, -0.1) is 0 Å². The van der Waals surface area contributed by atoms with E-state index in [1.807, 2.05) is 0 Å². The Bertz CT molecular complexity index is 616. The van der Waals surface area contributed by atoms with Gasteiger partial charge in [0.1, 0.15) is 5.56 Å². The van der Waals surface area contributed by atoms with E-state index in [2.05, 4.69) is 10.6 Å². The molecule has 112 valence electrons. The summed E-state index contributed by atoms with van der Waals surface area (Å²) in [5, 5.41) is 15.7. The molecule has 1 aromatic carbocycles. The molecule has 1 saturated carbocycles. The average Bonchev–Trinajstić information content (AvgIpc) is 3.22. The van der Waals surface area contributed by atoms with Gasteiger partial charge in [-0.3, -0.25) is 19.7 Å². The van der Waals surface area contributed by atoms with Crippen molar-refractivity contribution in [1.29, 1.82) is 0 Å². The molecule has 0 unspecified atom stereocenters. The van der Waals surface area contributed by atoms with Crippen molar-refractivity contribution in [3.05, 3.63) is 33.6 Å². The van der Waals surface area contributed by atoms with Crippen molar-refractivity contribution in [3.8, 4) is 0 Å². The van der Waals surface area contributed by atoms with Gasteiger partial charge >= 0.3 is 0 Å². The van der Waals surface area contributed by atoms with E-state index < -0.39 is 27.9 Å². The fourth-order valence-corrected chi connectivity index (χ4v) is 1.67. The molecule has 0 heterocycles. The summed E-state index contributed by atoms with van der Waals surface area (Å²) in [6.45, 7) is -0.316. The largest absolute Gasteiger partial charge is 0.396 e. The number of hydrogen-bond donors (Lipinski definition) is 3. The van der Waals surface area contributed by atoms with E-state index in [4.69, 9.17) is 5.73 Å². The molecule has 0 spiro atoms. The lowest BCUT2D eigenvalue weighted by atomic mass is 10.1. The molecule has 1 aliphatic rings. The van der Waals surface area contributed by atoms with E-state index in [-0.39, 0.29) is 24.2 Å². The number of hydrogen-bond acceptors (Lipinski definition) is 5. The standard InChI is InChI=1S/C12H13FN4O4/c13-8-4-10(17(20)21)7(3-9(8)14)12(19)15-5-11(18)16-6-1-2-6/h3-4,6H,1-2,5,14H2,(H,15,19)(H,16,18). The molecule has 0 atom stereocenters. The highest BCUT2D eigenvalue weighted by atomic mass is 19.1. The lowest BCUT2D eigenvalue weighted by molar-refractivity contribution is -0.385. The molecule has 9 heteroatoms. The summed E-state index contributed by atoms with van der Waals surface area (Å²) in [6, 6.07) is 1.60. The first kappa shape index (κ1) is 14.7. The molecular formula is C12H13FN4O4. The van der Waals surface area contributed by atoms with Gasteiger partial charge in [0.05, 0.1) is 23.2 Å². The van der Waals surface area contributed by atoms with Crippen LogP contribution >= 0.6 is 0 Å². The maximum Gasteiger partial charge on any atom is 0.285 e. The predicted molar refractivity (Wildman–Crippen MR) is 71.0 cm³/mol. The van der Waals surface area contributed by atoms with Crippen LogP contribution in [-0.2, 0) is 4.79 Å². The van der Waals surface area contributed by atoms with Gasteiger partial charge in [0.15, 0.2) is 5.82 Å². The van der Waals surface area contributed by atoms with E-state index in [9.17, 15) is 24.1 Å². The quantitative estimate of drug-likeness (QED) is 0.410. The van der Waals surface area contributed by atoms with E-state index in [1.165, 1.54) is 0 Å². The zero-order valence-corrected chi connectivity index (χ0v) is 10.9. The second kappa shape index (κ2) is 5.73. The number of nitrogen functional groups attached to an aromatic ring is 1. The van der Waals surface area contributed by atoms with Crippen molar-refractivity contribution >= 4 is 23.2 Å². The summed E-state index contributed by atoms with van der Waals surface area (Å²) < 4.78 is 13.2. The molecule has 1 aliphatic carbocycles. The Morgan fingerprint density at radius 3 is 2.67 bits per heavy atom. The third-order valence-corrected chi connectivity index (χ3v) is 2.91. The summed E-state index contributed by atoms with van der Waals surface area (Å²) in [6.07, 6.45) is 1.80. The van der Waals surface area contributed by atoms with Gasteiger partial charge in [-0.05, 0) is 18.9 Å². The first-order valence-electron chi connectivity index (χ1n) is 6.19. The van der Waals surface area contributed by atoms with Gasteiger partial charge in [-0.25, -0.2) is 4.39 Å². The number of amides is 2. The maximum atomic E-state index is 13.2. The maximum absolute atomic E-state index is 13.2. The topological polar surface area (TPSA) is 127 Å². The molecule has 21 heavy (non-hydrogen) atoms. The molecule has 2 amide bonds. The minimum absolute atomic E-state index is 0.144. The highest BCUT2D eigenvalue weighted by molar-refractivity contribution is 6.00. The molecule has 4 N–H and O–H groups in total. The van der Waals surface area contributed by atoms with Gasteiger partial charge < -0.3 is 16.4 Å². The third-order valence-electron chi connectivity index (χ3n) is 2.91. The summed E-state index contributed by atoms with van der Waals surface area (Å²) in [5.41, 5.74) is 3.82. The number of carbonyl (C=O) groups is 2. The molecule has 0 radical (unpaired) electrons. The molecule has 0 saturated heterocycles. The highest BCUT2D eigenvalue weighted by Gasteiger charge is 2.25. The first-order valence-corrected chi connectivity index (χ1v) is 6.19. The van der Waals surface area contributed by atoms with Crippen LogP contribution in [0, 0.1) is 15.9 Å². The molecule has 0 aliphatic heterocycles. The number of nitro groups is 1. The summed E-state index contributed by atoms with van der Waals surface area (Å²) in [7, 11) is 0. The second-order valence-electron chi connectivity index (χ2n) is 4.67. The summed E-state index contributed by atoms with van der Waals surface area (Å²) in [5.74, 6) is -2.23. The molecule has 0 aromatic heterocycles. The number of nitrogens with zero attached hydrogens (tertiary/aromatic N) is 1. The molecule has 0 bridgehead atoms. The number of anilines is 1. The van der Waals surface area contributed by atoms with Crippen LogP contribution in [-0.4, -0.2) is 29.3 Å². The van der Waals surface area contributed by atoms with E-state index in [0.717, 1.165) is 18.9 Å². The second-order valence-corrected chi connectivity index (χ2v) is 4.67. The minimum atomic E-state index is -0.982. The number of nitro benzene ring substituents is 1. The fourth-order valence-electron chi connectivity index (χ4n) is 1.67. The lowest BCUT2D eigenvalue weighted by Crippen LogP contribution is -2.38. The van der Waals surface area contributed by atoms with Crippen LogP contribution in [0.25, 0.3) is 0 Å². The Balaban J connectivity index is 2.08. The Labute approximate surface area is 118 Å². The summed E-state index contributed by atoms with van der Waals surface area (Å²) >= 11 is 0. The minimum Gasteiger partial charge on any atom is -0.396 e. The van der Waals surface area contributed by atoms with Crippen molar-refractivity contribution in [1.82, 2.24) is 10.6 Å². The number of carbonyl (C=O) groups excluding carboxylic acids is 2. The van der Waals surface area contributed by atoms with Crippen LogP contribution in [0.15, 0.2) is 12.1 Å². The smallest absolute Gasteiger partial charge is 0.285 e. The Kier molecular flexibility index (Phi) is 4.01. The normalized spacial score (nSPS) is 13.6. The molecule has 1 aromatic rings. The lowest BCUT2D eigenvalue weighted by Gasteiger charge is -2.07. The van der Waals surface area contributed by atoms with Gasteiger partial charge in [-0.2, -0.15) is 0 Å². The monoisotopic (exact) mass is 296 g/mol. The van der Waals surface area contributed by atoms with Crippen molar-refractivity contribution in [2.24, 2.45) is 0 Å². The van der Waals surface area contributed by atoms with Crippen molar-refractivity contribution in [3.63, 3.8) is 0 Å². The van der Waals surface area contributed by atoms with Crippen LogP contribution in [0.3, 0.4) is 0 Å². The molecule has 1 fully saturated rings. The highest BCUT2D eigenvalue weighted by Crippen LogP contribution is 2.24. The van der Waals surface area contributed by atoms with Crippen molar-refractivity contribution in [2.75, 3.05) is 12.3 Å². The van der Waals surface area contributed by atoms with Gasteiger partial charge in [0.2, 0.25) is 5.91 Å². The van der Waals surface area contributed by atoms with Crippen LogP contribution in [0.1, 0.15) is 23.2 Å². The molecular weight excluding hydrogens is 283 g/mol. The number of nitrogens with two attached hydrogens (primary N) is 1. The number of benzene rings is 1. The van der Waals surface area contributed by atoms with Crippen molar-refractivity contribution in [2.45, 2.75) is 18.9 Å². The Morgan fingerprint density at radius 2 is 2.10 bits per heavy atom. The van der Waals surface area contributed by atoms with Gasteiger partial charge in [0, 0.05) is 6.04 Å². The van der Waals surface area contributed by atoms with E-state index in [0.29, 0.717) is 6.07 Å².